The number of hydrogen-bond acceptors (Lipinski definition) is 5. The Morgan fingerprint density at radius 2 is 2.25 bits per heavy atom. The fourth-order valence-electron chi connectivity index (χ4n) is 1.38. The standard InChI is InChI=1S/C9H9ClF2N4O2S2/c10-9-6(13-5-19-9)4-20(17,18)15-8-1-2-16(14-8)3-7(11)12/h1-2,5,7H,3-4H2,(H,14,15). The molecule has 0 saturated carbocycles. The van der Waals surface area contributed by atoms with E-state index in [-0.39, 0.29) is 11.5 Å². The number of aromatic nitrogens is 3. The van der Waals surface area contributed by atoms with Gasteiger partial charge in [-0.15, -0.1) is 11.3 Å². The van der Waals surface area contributed by atoms with Gasteiger partial charge >= 0.3 is 0 Å². The second kappa shape index (κ2) is 6.02. The lowest BCUT2D eigenvalue weighted by Gasteiger charge is -2.04. The maximum Gasteiger partial charge on any atom is 0.257 e. The van der Waals surface area contributed by atoms with Crippen LogP contribution in [0.5, 0.6) is 0 Å². The van der Waals surface area contributed by atoms with E-state index in [9.17, 15) is 17.2 Å². The van der Waals surface area contributed by atoms with E-state index in [1.165, 1.54) is 17.8 Å². The van der Waals surface area contributed by atoms with E-state index in [0.29, 0.717) is 4.34 Å². The lowest BCUT2D eigenvalue weighted by molar-refractivity contribution is 0.122. The van der Waals surface area contributed by atoms with Crippen LogP contribution in [0.2, 0.25) is 4.34 Å². The van der Waals surface area contributed by atoms with Crippen molar-refractivity contribution in [2.75, 3.05) is 4.72 Å². The van der Waals surface area contributed by atoms with Gasteiger partial charge in [-0.3, -0.25) is 9.40 Å². The first-order valence-corrected chi connectivity index (χ1v) is 8.16. The molecule has 2 aromatic heterocycles. The molecule has 2 rings (SSSR count). The van der Waals surface area contributed by atoms with Crippen molar-refractivity contribution >= 4 is 38.8 Å². The molecule has 0 amide bonds. The number of sulfonamides is 1. The minimum atomic E-state index is -3.75. The molecule has 0 aliphatic carbocycles. The van der Waals surface area contributed by atoms with Gasteiger partial charge in [0, 0.05) is 12.3 Å². The molecule has 110 valence electrons. The number of nitrogens with zero attached hydrogens (tertiary/aromatic N) is 3. The Kier molecular flexibility index (Phi) is 4.55. The quantitative estimate of drug-likeness (QED) is 0.873. The van der Waals surface area contributed by atoms with Gasteiger partial charge in [-0.1, -0.05) is 11.6 Å². The molecule has 0 bridgehead atoms. The molecule has 0 fully saturated rings. The van der Waals surface area contributed by atoms with Crippen molar-refractivity contribution in [2.45, 2.75) is 18.7 Å². The summed E-state index contributed by atoms with van der Waals surface area (Å²) in [5, 5.41) is 3.68. The summed E-state index contributed by atoms with van der Waals surface area (Å²) in [6.45, 7) is -0.598. The van der Waals surface area contributed by atoms with Gasteiger partial charge in [-0.25, -0.2) is 22.2 Å². The summed E-state index contributed by atoms with van der Waals surface area (Å²) in [5.74, 6) is -0.436. The Morgan fingerprint density at radius 3 is 2.85 bits per heavy atom. The predicted molar refractivity (Wildman–Crippen MR) is 71.6 cm³/mol. The van der Waals surface area contributed by atoms with E-state index in [0.717, 1.165) is 16.0 Å². The van der Waals surface area contributed by atoms with E-state index in [2.05, 4.69) is 14.8 Å². The van der Waals surface area contributed by atoms with Crippen LogP contribution in [0, 0.1) is 0 Å². The van der Waals surface area contributed by atoms with Gasteiger partial charge in [0.15, 0.2) is 5.82 Å². The summed E-state index contributed by atoms with van der Waals surface area (Å²) in [5.41, 5.74) is 1.67. The Labute approximate surface area is 122 Å². The van der Waals surface area contributed by atoms with Crippen LogP contribution in [-0.4, -0.2) is 29.6 Å². The molecule has 2 heterocycles. The van der Waals surface area contributed by atoms with Gasteiger partial charge in [0.1, 0.15) is 16.6 Å². The second-order valence-electron chi connectivity index (χ2n) is 3.75. The first-order chi connectivity index (χ1) is 9.35. The van der Waals surface area contributed by atoms with Gasteiger partial charge in [0.2, 0.25) is 10.0 Å². The number of halogens is 3. The zero-order valence-electron chi connectivity index (χ0n) is 9.83. The summed E-state index contributed by atoms with van der Waals surface area (Å²) in [6, 6.07) is 1.29. The number of anilines is 1. The van der Waals surface area contributed by atoms with Crippen molar-refractivity contribution < 1.29 is 17.2 Å². The normalized spacial score (nSPS) is 12.0. The highest BCUT2D eigenvalue weighted by atomic mass is 35.5. The summed E-state index contributed by atoms with van der Waals surface area (Å²) < 4.78 is 51.4. The van der Waals surface area contributed by atoms with Crippen LogP contribution in [0.1, 0.15) is 5.69 Å². The third kappa shape index (κ3) is 4.12. The van der Waals surface area contributed by atoms with Gasteiger partial charge in [0.25, 0.3) is 6.43 Å². The van der Waals surface area contributed by atoms with Crippen LogP contribution in [-0.2, 0) is 22.3 Å². The number of rotatable bonds is 6. The SMILES string of the molecule is O=S(=O)(Cc1ncsc1Cl)Nc1ccn(CC(F)F)n1. The lowest BCUT2D eigenvalue weighted by atomic mass is 10.6. The van der Waals surface area contributed by atoms with E-state index in [4.69, 9.17) is 11.6 Å². The fraction of sp³-hybridized carbons (Fsp3) is 0.333. The molecule has 0 saturated heterocycles. The number of nitrogens with one attached hydrogen (secondary N) is 1. The third-order valence-electron chi connectivity index (χ3n) is 2.14. The molecule has 6 nitrogen and oxygen atoms in total. The van der Waals surface area contributed by atoms with E-state index < -0.39 is 28.7 Å². The van der Waals surface area contributed by atoms with Crippen LogP contribution >= 0.6 is 22.9 Å². The van der Waals surface area contributed by atoms with Crippen LogP contribution in [0.15, 0.2) is 17.8 Å². The molecule has 0 spiro atoms. The third-order valence-corrected chi connectivity index (χ3v) is 4.46. The van der Waals surface area contributed by atoms with Crippen molar-refractivity contribution in [3.63, 3.8) is 0 Å². The second-order valence-corrected chi connectivity index (χ2v) is 6.93. The molecule has 0 unspecified atom stereocenters. The number of hydrogen-bond donors (Lipinski definition) is 1. The summed E-state index contributed by atoms with van der Waals surface area (Å²) in [7, 11) is -3.75. The highest BCUT2D eigenvalue weighted by Gasteiger charge is 2.17. The topological polar surface area (TPSA) is 76.9 Å². The Bertz CT molecular complexity index is 686. The van der Waals surface area contributed by atoms with Crippen molar-refractivity contribution in [1.82, 2.24) is 14.8 Å². The highest BCUT2D eigenvalue weighted by Crippen LogP contribution is 2.22. The molecule has 11 heteroatoms. The highest BCUT2D eigenvalue weighted by molar-refractivity contribution is 7.91. The van der Waals surface area contributed by atoms with Crippen molar-refractivity contribution in [1.29, 1.82) is 0 Å². The van der Waals surface area contributed by atoms with Crippen molar-refractivity contribution in [3.8, 4) is 0 Å². The smallest absolute Gasteiger partial charge is 0.257 e. The molecular weight excluding hydrogens is 334 g/mol. The fourth-order valence-corrected chi connectivity index (χ4v) is 3.40. The minimum Gasteiger partial charge on any atom is -0.266 e. The Hall–Kier alpha value is -1.26. The molecule has 0 atom stereocenters. The zero-order chi connectivity index (χ0) is 14.8. The largest absolute Gasteiger partial charge is 0.266 e. The van der Waals surface area contributed by atoms with Gasteiger partial charge in [-0.2, -0.15) is 5.10 Å². The first kappa shape index (κ1) is 15.1. The van der Waals surface area contributed by atoms with E-state index in [1.54, 1.807) is 0 Å². The van der Waals surface area contributed by atoms with Crippen LogP contribution in [0.3, 0.4) is 0 Å². The zero-order valence-corrected chi connectivity index (χ0v) is 12.2. The predicted octanol–water partition coefficient (Wildman–Crippen LogP) is 2.20. The molecule has 0 aliphatic heterocycles. The van der Waals surface area contributed by atoms with Gasteiger partial charge in [0.05, 0.1) is 11.2 Å². The van der Waals surface area contributed by atoms with E-state index >= 15 is 0 Å². The van der Waals surface area contributed by atoms with Crippen LogP contribution < -0.4 is 4.72 Å². The number of alkyl halides is 2. The average molecular weight is 343 g/mol. The van der Waals surface area contributed by atoms with Crippen LogP contribution in [0.4, 0.5) is 14.6 Å². The van der Waals surface area contributed by atoms with Gasteiger partial charge in [-0.05, 0) is 0 Å². The summed E-state index contributed by atoms with van der Waals surface area (Å²) >= 11 is 6.89. The molecule has 2 aromatic rings. The molecule has 20 heavy (non-hydrogen) atoms. The molecule has 0 aromatic carbocycles. The van der Waals surface area contributed by atoms with E-state index in [1.807, 2.05) is 0 Å². The number of thiazole rings is 1. The maximum absolute atomic E-state index is 12.1. The maximum atomic E-state index is 12.1. The van der Waals surface area contributed by atoms with Crippen molar-refractivity contribution in [2.24, 2.45) is 0 Å². The van der Waals surface area contributed by atoms with Crippen LogP contribution in [0.25, 0.3) is 0 Å². The summed E-state index contributed by atoms with van der Waals surface area (Å²) in [6.07, 6.45) is -1.30. The van der Waals surface area contributed by atoms with Crippen molar-refractivity contribution in [3.05, 3.63) is 27.8 Å². The molecule has 0 aliphatic rings. The monoisotopic (exact) mass is 342 g/mol. The Balaban J connectivity index is 2.05. The first-order valence-electron chi connectivity index (χ1n) is 5.26. The minimum absolute atomic E-state index is 0.0306. The molecular formula is C9H9ClF2N4O2S2. The summed E-state index contributed by atoms with van der Waals surface area (Å²) in [4.78, 5) is 3.83. The lowest BCUT2D eigenvalue weighted by Crippen LogP contribution is -2.16. The molecule has 1 N–H and O–H groups in total. The average Bonchev–Trinajstić information content (AvgIpc) is 2.88. The Morgan fingerprint density at radius 1 is 1.50 bits per heavy atom. The molecule has 0 radical (unpaired) electrons. The van der Waals surface area contributed by atoms with Gasteiger partial charge < -0.3 is 0 Å².